The van der Waals surface area contributed by atoms with Gasteiger partial charge >= 0.3 is 0 Å². The molecule has 14 heavy (non-hydrogen) atoms. The summed E-state index contributed by atoms with van der Waals surface area (Å²) in [6.45, 7) is 8.04. The van der Waals surface area contributed by atoms with Crippen LogP contribution in [-0.2, 0) is 0 Å². The van der Waals surface area contributed by atoms with Crippen molar-refractivity contribution in [1.82, 2.24) is 0 Å². The lowest BCUT2D eigenvalue weighted by atomic mass is 10.1. The van der Waals surface area contributed by atoms with Crippen LogP contribution in [0.5, 0.6) is 0 Å². The second-order valence-corrected chi connectivity index (χ2v) is 3.86. The summed E-state index contributed by atoms with van der Waals surface area (Å²) in [7, 11) is 0. The first-order chi connectivity index (χ1) is 6.81. The molecule has 0 aliphatic carbocycles. The zero-order valence-electron chi connectivity index (χ0n) is 9.81. The molecule has 0 saturated heterocycles. The normalized spacial score (nSPS) is 11.6. The highest BCUT2D eigenvalue weighted by Gasteiger charge is 1.88. The van der Waals surface area contributed by atoms with E-state index in [1.807, 2.05) is 6.08 Å². The Bertz CT molecular complexity index is 180. The van der Waals surface area contributed by atoms with Gasteiger partial charge in [0.25, 0.3) is 0 Å². The lowest BCUT2D eigenvalue weighted by molar-refractivity contribution is 0.613. The zero-order valence-corrected chi connectivity index (χ0v) is 9.81. The minimum Gasteiger partial charge on any atom is -0.103 e. The second kappa shape index (κ2) is 10.4. The van der Waals surface area contributed by atoms with E-state index in [0.717, 1.165) is 6.42 Å². The summed E-state index contributed by atoms with van der Waals surface area (Å²) in [4.78, 5) is 0. The molecule has 0 saturated carbocycles. The molecule has 0 radical (unpaired) electrons. The van der Waals surface area contributed by atoms with Crippen molar-refractivity contribution in [1.29, 1.82) is 0 Å². The van der Waals surface area contributed by atoms with Crippen LogP contribution in [0.25, 0.3) is 0 Å². The highest BCUT2D eigenvalue weighted by Crippen LogP contribution is 2.06. The maximum Gasteiger partial charge on any atom is 0.0351 e. The molecule has 0 bridgehead atoms. The zero-order chi connectivity index (χ0) is 10.6. The monoisotopic (exact) mass is 192 g/mol. The van der Waals surface area contributed by atoms with Gasteiger partial charge < -0.3 is 0 Å². The van der Waals surface area contributed by atoms with E-state index in [1.54, 1.807) is 0 Å². The van der Waals surface area contributed by atoms with Crippen molar-refractivity contribution in [3.8, 4) is 11.8 Å². The summed E-state index contributed by atoms with van der Waals surface area (Å²) in [5.41, 5.74) is 0. The summed E-state index contributed by atoms with van der Waals surface area (Å²) in [5.74, 6) is 6.73. The molecule has 0 fully saturated rings. The number of allylic oxidation sites excluding steroid dienone is 1. The molecule has 0 aromatic carbocycles. The molecule has 80 valence electrons. The van der Waals surface area contributed by atoms with Crippen molar-refractivity contribution in [2.75, 3.05) is 0 Å². The minimum absolute atomic E-state index is 0.357. The van der Waals surface area contributed by atoms with Crippen LogP contribution in [0.2, 0.25) is 0 Å². The fraction of sp³-hybridized carbons (Fsp3) is 0.714. The van der Waals surface area contributed by atoms with Gasteiger partial charge in [0.2, 0.25) is 0 Å². The van der Waals surface area contributed by atoms with Crippen molar-refractivity contribution in [2.45, 2.75) is 58.8 Å². The smallest absolute Gasteiger partial charge is 0.0351 e. The Morgan fingerprint density at radius 2 is 1.79 bits per heavy atom. The quantitative estimate of drug-likeness (QED) is 0.315. The Morgan fingerprint density at radius 3 is 2.43 bits per heavy atom. The van der Waals surface area contributed by atoms with Crippen LogP contribution in [0.15, 0.2) is 12.7 Å². The summed E-state index contributed by atoms with van der Waals surface area (Å²) in [6, 6.07) is 0. The fourth-order valence-electron chi connectivity index (χ4n) is 1.29. The van der Waals surface area contributed by atoms with E-state index in [-0.39, 0.29) is 0 Å². The van der Waals surface area contributed by atoms with Gasteiger partial charge in [-0.05, 0) is 13.3 Å². The van der Waals surface area contributed by atoms with Gasteiger partial charge in [0.15, 0.2) is 0 Å². The molecule has 0 rings (SSSR count). The van der Waals surface area contributed by atoms with Crippen molar-refractivity contribution < 1.29 is 0 Å². The van der Waals surface area contributed by atoms with Crippen LogP contribution < -0.4 is 0 Å². The third kappa shape index (κ3) is 9.39. The SMILES string of the molecule is C=CC(C)C#CCCCCCCCC. The van der Waals surface area contributed by atoms with Gasteiger partial charge in [0.05, 0.1) is 0 Å². The molecule has 0 aliphatic rings. The van der Waals surface area contributed by atoms with E-state index in [4.69, 9.17) is 0 Å². The molecule has 0 aromatic heterocycles. The highest BCUT2D eigenvalue weighted by atomic mass is 13.9. The predicted octanol–water partition coefficient (Wildman–Crippen LogP) is 4.56. The molecule has 0 aliphatic heterocycles. The molecule has 0 spiro atoms. The van der Waals surface area contributed by atoms with Gasteiger partial charge in [-0.3, -0.25) is 0 Å². The third-order valence-electron chi connectivity index (χ3n) is 2.34. The predicted molar refractivity (Wildman–Crippen MR) is 65.1 cm³/mol. The van der Waals surface area contributed by atoms with E-state index >= 15 is 0 Å². The standard InChI is InChI=1S/C14H24/c1-4-6-7-8-9-10-11-12-13-14(3)5-2/h5,14H,2,4,6-11H2,1,3H3. The topological polar surface area (TPSA) is 0 Å². The first-order valence-electron chi connectivity index (χ1n) is 5.92. The molecule has 0 heterocycles. The molecule has 0 heteroatoms. The molecule has 0 N–H and O–H groups in total. The molecular weight excluding hydrogens is 168 g/mol. The van der Waals surface area contributed by atoms with E-state index in [0.29, 0.717) is 5.92 Å². The average molecular weight is 192 g/mol. The average Bonchev–Trinajstić information content (AvgIpc) is 2.21. The third-order valence-corrected chi connectivity index (χ3v) is 2.34. The van der Waals surface area contributed by atoms with Crippen LogP contribution in [0.3, 0.4) is 0 Å². The highest BCUT2D eigenvalue weighted by molar-refractivity contribution is 5.07. The number of hydrogen-bond acceptors (Lipinski definition) is 0. The minimum atomic E-state index is 0.357. The molecule has 0 nitrogen and oxygen atoms in total. The van der Waals surface area contributed by atoms with Gasteiger partial charge in [-0.2, -0.15) is 0 Å². The first kappa shape index (κ1) is 13.3. The lowest BCUT2D eigenvalue weighted by Crippen LogP contribution is -1.81. The summed E-state index contributed by atoms with van der Waals surface area (Å²) in [6.07, 6.45) is 11.1. The van der Waals surface area contributed by atoms with Crippen LogP contribution in [0, 0.1) is 17.8 Å². The van der Waals surface area contributed by atoms with E-state index in [9.17, 15) is 0 Å². The Balaban J connectivity index is 3.19. The summed E-state index contributed by atoms with van der Waals surface area (Å²) >= 11 is 0. The Hall–Kier alpha value is -0.700. The van der Waals surface area contributed by atoms with Crippen molar-refractivity contribution in [3.63, 3.8) is 0 Å². The maximum absolute atomic E-state index is 3.71. The van der Waals surface area contributed by atoms with Gasteiger partial charge in [0.1, 0.15) is 0 Å². The largest absolute Gasteiger partial charge is 0.103 e. The Labute approximate surface area is 89.8 Å². The lowest BCUT2D eigenvalue weighted by Gasteiger charge is -1.96. The Kier molecular flexibility index (Phi) is 9.86. The number of hydrogen-bond donors (Lipinski definition) is 0. The van der Waals surface area contributed by atoms with Crippen LogP contribution in [-0.4, -0.2) is 0 Å². The van der Waals surface area contributed by atoms with Gasteiger partial charge in [-0.15, -0.1) is 12.5 Å². The summed E-state index contributed by atoms with van der Waals surface area (Å²) in [5, 5.41) is 0. The number of unbranched alkanes of at least 4 members (excludes halogenated alkanes) is 6. The maximum atomic E-state index is 3.71. The molecule has 0 aromatic rings. The van der Waals surface area contributed by atoms with Crippen LogP contribution >= 0.6 is 0 Å². The molecular formula is C14H24. The molecule has 1 atom stereocenters. The molecule has 0 amide bonds. The number of rotatable bonds is 7. The molecule has 1 unspecified atom stereocenters. The van der Waals surface area contributed by atoms with E-state index in [1.165, 1.54) is 38.5 Å². The van der Waals surface area contributed by atoms with Crippen molar-refractivity contribution in [2.24, 2.45) is 5.92 Å². The van der Waals surface area contributed by atoms with E-state index in [2.05, 4.69) is 32.3 Å². The summed E-state index contributed by atoms with van der Waals surface area (Å²) < 4.78 is 0. The second-order valence-electron chi connectivity index (χ2n) is 3.86. The van der Waals surface area contributed by atoms with Crippen molar-refractivity contribution >= 4 is 0 Å². The van der Waals surface area contributed by atoms with Crippen molar-refractivity contribution in [3.05, 3.63) is 12.7 Å². The van der Waals surface area contributed by atoms with E-state index < -0.39 is 0 Å². The van der Waals surface area contributed by atoms with Crippen LogP contribution in [0.1, 0.15) is 58.8 Å². The van der Waals surface area contributed by atoms with Gasteiger partial charge in [-0.1, -0.05) is 51.0 Å². The van der Waals surface area contributed by atoms with Gasteiger partial charge in [-0.25, -0.2) is 0 Å². The fourth-order valence-corrected chi connectivity index (χ4v) is 1.29. The van der Waals surface area contributed by atoms with Gasteiger partial charge in [0, 0.05) is 12.3 Å². The first-order valence-corrected chi connectivity index (χ1v) is 5.92. The Morgan fingerprint density at radius 1 is 1.14 bits per heavy atom. The van der Waals surface area contributed by atoms with Crippen LogP contribution in [0.4, 0.5) is 0 Å².